The number of nitrogens with zero attached hydrogens (tertiary/aromatic N) is 4. The number of thiophene rings is 1. The predicted molar refractivity (Wildman–Crippen MR) is 96.9 cm³/mol. The van der Waals surface area contributed by atoms with Gasteiger partial charge in [-0.3, -0.25) is 4.79 Å². The monoisotopic (exact) mass is 414 g/mol. The summed E-state index contributed by atoms with van der Waals surface area (Å²) in [5, 5.41) is 9.25. The summed E-state index contributed by atoms with van der Waals surface area (Å²) in [4.78, 5) is 15.6. The Bertz CT molecular complexity index is 695. The topological polar surface area (TPSA) is 51.0 Å². The molecule has 0 saturated heterocycles. The van der Waals surface area contributed by atoms with Gasteiger partial charge in [-0.2, -0.15) is 0 Å². The number of thioether (sulfide) groups is 1. The maximum atomic E-state index is 12.5. The van der Waals surface area contributed by atoms with Crippen LogP contribution in [0.5, 0.6) is 0 Å². The highest BCUT2D eigenvalue weighted by Crippen LogP contribution is 2.38. The molecule has 0 atom stereocenters. The van der Waals surface area contributed by atoms with Crippen molar-refractivity contribution in [1.82, 2.24) is 19.7 Å². The summed E-state index contributed by atoms with van der Waals surface area (Å²) in [6, 6.07) is 4.62. The van der Waals surface area contributed by atoms with E-state index in [1.807, 2.05) is 24.8 Å². The Morgan fingerprint density at radius 3 is 2.87 bits per heavy atom. The summed E-state index contributed by atoms with van der Waals surface area (Å²) in [7, 11) is 0. The Kier molecular flexibility index (Phi) is 5.43. The molecule has 3 rings (SSSR count). The molecule has 23 heavy (non-hydrogen) atoms. The van der Waals surface area contributed by atoms with Crippen LogP contribution in [0, 0.1) is 6.92 Å². The van der Waals surface area contributed by atoms with Crippen LogP contribution in [-0.4, -0.2) is 37.9 Å². The summed E-state index contributed by atoms with van der Waals surface area (Å²) in [5.41, 5.74) is 0. The summed E-state index contributed by atoms with van der Waals surface area (Å²) in [6.45, 7) is 5.37. The van der Waals surface area contributed by atoms with E-state index in [9.17, 15) is 4.79 Å². The van der Waals surface area contributed by atoms with Crippen molar-refractivity contribution in [2.45, 2.75) is 44.4 Å². The van der Waals surface area contributed by atoms with Gasteiger partial charge in [-0.15, -0.1) is 21.5 Å². The first-order valence-electron chi connectivity index (χ1n) is 7.64. The highest BCUT2D eigenvalue weighted by Gasteiger charge is 2.28. The van der Waals surface area contributed by atoms with Crippen LogP contribution in [0.15, 0.2) is 21.1 Å². The molecule has 1 aliphatic carbocycles. The van der Waals surface area contributed by atoms with Crippen molar-refractivity contribution in [3.63, 3.8) is 0 Å². The second kappa shape index (κ2) is 7.36. The second-order valence-electron chi connectivity index (χ2n) is 5.53. The highest BCUT2D eigenvalue weighted by atomic mass is 79.9. The van der Waals surface area contributed by atoms with Crippen LogP contribution >= 0.6 is 39.0 Å². The zero-order valence-corrected chi connectivity index (χ0v) is 16.4. The third-order valence-corrected chi connectivity index (χ3v) is 6.32. The lowest BCUT2D eigenvalue weighted by Crippen LogP contribution is -2.31. The molecule has 0 aromatic carbocycles. The van der Waals surface area contributed by atoms with Gasteiger partial charge in [0.2, 0.25) is 5.91 Å². The molecule has 0 bridgehead atoms. The lowest BCUT2D eigenvalue weighted by Gasteiger charge is -2.19. The molecular formula is C15H19BrN4OS2. The normalized spacial score (nSPS) is 14.2. The minimum Gasteiger partial charge on any atom is -0.337 e. The van der Waals surface area contributed by atoms with Gasteiger partial charge in [-0.05, 0) is 54.8 Å². The van der Waals surface area contributed by atoms with Gasteiger partial charge in [0, 0.05) is 17.5 Å². The number of amides is 1. The molecule has 1 amide bonds. The average molecular weight is 415 g/mol. The minimum absolute atomic E-state index is 0.144. The molecule has 2 aromatic rings. The zero-order chi connectivity index (χ0) is 16.4. The van der Waals surface area contributed by atoms with Gasteiger partial charge in [0.05, 0.1) is 16.1 Å². The molecule has 5 nitrogen and oxygen atoms in total. The van der Waals surface area contributed by atoms with Gasteiger partial charge in [0.25, 0.3) is 0 Å². The van der Waals surface area contributed by atoms with Crippen LogP contribution in [0.1, 0.15) is 36.5 Å². The van der Waals surface area contributed by atoms with Crippen LogP contribution < -0.4 is 0 Å². The van der Waals surface area contributed by atoms with Gasteiger partial charge in [-0.1, -0.05) is 11.8 Å². The van der Waals surface area contributed by atoms with Crippen LogP contribution in [-0.2, 0) is 11.3 Å². The van der Waals surface area contributed by atoms with Gasteiger partial charge in [-0.25, -0.2) is 0 Å². The number of hydrogen-bond donors (Lipinski definition) is 0. The van der Waals surface area contributed by atoms with Crippen molar-refractivity contribution >= 4 is 44.9 Å². The summed E-state index contributed by atoms with van der Waals surface area (Å²) in [6.07, 6.45) is 2.38. The van der Waals surface area contributed by atoms with Crippen molar-refractivity contribution in [3.05, 3.63) is 26.6 Å². The maximum absolute atomic E-state index is 12.5. The van der Waals surface area contributed by atoms with Crippen molar-refractivity contribution in [3.8, 4) is 0 Å². The molecule has 2 aromatic heterocycles. The average Bonchev–Trinajstić information content (AvgIpc) is 3.18. The van der Waals surface area contributed by atoms with E-state index in [0.717, 1.165) is 14.8 Å². The van der Waals surface area contributed by atoms with E-state index < -0.39 is 0 Å². The molecule has 0 N–H and O–H groups in total. The van der Waals surface area contributed by atoms with Crippen molar-refractivity contribution in [2.75, 3.05) is 12.3 Å². The fourth-order valence-corrected chi connectivity index (χ4v) is 4.87. The zero-order valence-electron chi connectivity index (χ0n) is 13.2. The molecule has 2 heterocycles. The minimum atomic E-state index is 0.144. The first-order chi connectivity index (χ1) is 11.1. The molecular weight excluding hydrogens is 396 g/mol. The van der Waals surface area contributed by atoms with Gasteiger partial charge in [0.15, 0.2) is 5.16 Å². The fraction of sp³-hybridized carbons (Fsp3) is 0.533. The fourth-order valence-electron chi connectivity index (χ4n) is 2.42. The predicted octanol–water partition coefficient (Wildman–Crippen LogP) is 3.89. The Morgan fingerprint density at radius 1 is 1.48 bits per heavy atom. The molecule has 0 unspecified atom stereocenters. The van der Waals surface area contributed by atoms with E-state index in [-0.39, 0.29) is 5.91 Å². The summed E-state index contributed by atoms with van der Waals surface area (Å²) >= 11 is 6.63. The quantitative estimate of drug-likeness (QED) is 0.644. The molecule has 1 aliphatic rings. The van der Waals surface area contributed by atoms with E-state index in [1.165, 1.54) is 29.5 Å². The Morgan fingerprint density at radius 2 is 2.26 bits per heavy atom. The molecule has 8 heteroatoms. The molecule has 0 aliphatic heterocycles. The molecule has 124 valence electrons. The van der Waals surface area contributed by atoms with Crippen LogP contribution in [0.25, 0.3) is 0 Å². The van der Waals surface area contributed by atoms with Crippen LogP contribution in [0.2, 0.25) is 0 Å². The second-order valence-corrected chi connectivity index (χ2v) is 9.02. The number of carbonyl (C=O) groups is 1. The number of hydrogen-bond acceptors (Lipinski definition) is 5. The number of halogens is 1. The molecule has 1 fully saturated rings. The van der Waals surface area contributed by atoms with Gasteiger partial charge in [0.1, 0.15) is 5.82 Å². The Balaban J connectivity index is 1.59. The third kappa shape index (κ3) is 4.16. The molecule has 0 spiro atoms. The number of carbonyl (C=O) groups excluding carboxylic acids is 1. The first kappa shape index (κ1) is 17.0. The van der Waals surface area contributed by atoms with E-state index in [0.29, 0.717) is 24.9 Å². The smallest absolute Gasteiger partial charge is 0.233 e. The Hall–Kier alpha value is -0.860. The molecule has 0 radical (unpaired) electrons. The van der Waals surface area contributed by atoms with Crippen LogP contribution in [0.3, 0.4) is 0 Å². The third-order valence-electron chi connectivity index (χ3n) is 3.78. The number of aryl methyl sites for hydroxylation is 1. The number of rotatable bonds is 7. The highest BCUT2D eigenvalue weighted by molar-refractivity contribution is 9.11. The van der Waals surface area contributed by atoms with E-state index in [2.05, 4.69) is 36.8 Å². The Labute approximate surface area is 152 Å². The van der Waals surface area contributed by atoms with Crippen LogP contribution in [0.4, 0.5) is 0 Å². The SMILES string of the molecule is CCN(Cc1ccc(Br)s1)C(=O)CSc1nnc(C)n1C1CC1. The summed E-state index contributed by atoms with van der Waals surface area (Å²) < 4.78 is 3.27. The standard InChI is InChI=1S/C15H19BrN4OS2/c1-3-19(8-12-6-7-13(16)23-12)14(21)9-22-15-18-17-10(2)20(15)11-4-5-11/h6-7,11H,3-5,8-9H2,1-2H3. The van der Waals surface area contributed by atoms with E-state index in [4.69, 9.17) is 0 Å². The van der Waals surface area contributed by atoms with Gasteiger partial charge >= 0.3 is 0 Å². The van der Waals surface area contributed by atoms with Crippen molar-refractivity contribution < 1.29 is 4.79 Å². The van der Waals surface area contributed by atoms with Crippen molar-refractivity contribution in [2.24, 2.45) is 0 Å². The maximum Gasteiger partial charge on any atom is 0.233 e. The lowest BCUT2D eigenvalue weighted by atomic mass is 10.4. The first-order valence-corrected chi connectivity index (χ1v) is 10.2. The number of aromatic nitrogens is 3. The van der Waals surface area contributed by atoms with E-state index in [1.54, 1.807) is 11.3 Å². The van der Waals surface area contributed by atoms with Gasteiger partial charge < -0.3 is 9.47 Å². The molecule has 1 saturated carbocycles. The largest absolute Gasteiger partial charge is 0.337 e. The summed E-state index contributed by atoms with van der Waals surface area (Å²) in [5.74, 6) is 1.49. The van der Waals surface area contributed by atoms with E-state index >= 15 is 0 Å². The van der Waals surface area contributed by atoms with Crippen molar-refractivity contribution in [1.29, 1.82) is 0 Å². The lowest BCUT2D eigenvalue weighted by molar-refractivity contribution is -0.128.